The van der Waals surface area contributed by atoms with Gasteiger partial charge < -0.3 is 15.8 Å². The van der Waals surface area contributed by atoms with E-state index in [-0.39, 0.29) is 18.4 Å². The molecule has 0 rings (SSSR count). The molecule has 0 aromatic heterocycles. The summed E-state index contributed by atoms with van der Waals surface area (Å²) < 4.78 is 4.50. The number of carbonyl (C=O) groups is 2. The fourth-order valence-electron chi connectivity index (χ4n) is 1.03. The predicted molar refractivity (Wildman–Crippen MR) is 47.9 cm³/mol. The molecule has 3 N–H and O–H groups in total. The maximum atomic E-state index is 10.9. The number of nitrogens with one attached hydrogen (secondary N) is 1. The molecule has 2 unspecified atom stereocenters. The van der Waals surface area contributed by atoms with Gasteiger partial charge in [-0.3, -0.25) is 9.59 Å². The summed E-state index contributed by atoms with van der Waals surface area (Å²) in [6.45, 7) is 3.45. The molecule has 76 valence electrons. The van der Waals surface area contributed by atoms with Gasteiger partial charge in [0.15, 0.2) is 0 Å². The van der Waals surface area contributed by atoms with Crippen molar-refractivity contribution in [3.63, 3.8) is 0 Å². The maximum absolute atomic E-state index is 10.9. The average Bonchev–Trinajstić information content (AvgIpc) is 2.01. The van der Waals surface area contributed by atoms with Crippen LogP contribution in [0.15, 0.2) is 0 Å². The van der Waals surface area contributed by atoms with Gasteiger partial charge in [-0.25, -0.2) is 0 Å². The zero-order valence-corrected chi connectivity index (χ0v) is 8.16. The van der Waals surface area contributed by atoms with Gasteiger partial charge in [0.2, 0.25) is 5.91 Å². The van der Waals surface area contributed by atoms with Crippen LogP contribution >= 0.6 is 0 Å². The highest BCUT2D eigenvalue weighted by Crippen LogP contribution is 1.93. The van der Waals surface area contributed by atoms with Crippen LogP contribution in [0.1, 0.15) is 20.3 Å². The molecule has 5 heteroatoms. The molecule has 2 atom stereocenters. The summed E-state index contributed by atoms with van der Waals surface area (Å²) in [5.74, 6) is -0.742. The molecule has 0 fully saturated rings. The van der Waals surface area contributed by atoms with E-state index in [1.807, 2.05) is 0 Å². The van der Waals surface area contributed by atoms with Crippen LogP contribution in [-0.2, 0) is 14.3 Å². The molecule has 0 spiro atoms. The molecule has 5 nitrogen and oxygen atoms in total. The average molecular weight is 188 g/mol. The van der Waals surface area contributed by atoms with Crippen LogP contribution in [0, 0.1) is 0 Å². The topological polar surface area (TPSA) is 81.4 Å². The lowest BCUT2D eigenvalue weighted by Gasteiger charge is -2.16. The standard InChI is InChI=1S/C8H16N2O3/c1-5(4-7(9)11)10-6(2)8(12)13-3/h5-6,10H,4H2,1-3H3,(H2,9,11). The van der Waals surface area contributed by atoms with Crippen molar-refractivity contribution in [3.8, 4) is 0 Å². The minimum Gasteiger partial charge on any atom is -0.468 e. The monoisotopic (exact) mass is 188 g/mol. The minimum absolute atomic E-state index is 0.119. The number of hydrogen-bond acceptors (Lipinski definition) is 4. The third-order valence-corrected chi connectivity index (χ3v) is 1.60. The maximum Gasteiger partial charge on any atom is 0.322 e. The highest BCUT2D eigenvalue weighted by atomic mass is 16.5. The summed E-state index contributed by atoms with van der Waals surface area (Å²) in [6.07, 6.45) is 0.210. The van der Waals surface area contributed by atoms with Crippen LogP contribution in [0.5, 0.6) is 0 Å². The van der Waals surface area contributed by atoms with E-state index in [1.165, 1.54) is 7.11 Å². The second-order valence-electron chi connectivity index (χ2n) is 2.98. The molecule has 13 heavy (non-hydrogen) atoms. The first-order valence-corrected chi connectivity index (χ1v) is 4.09. The van der Waals surface area contributed by atoms with Crippen molar-refractivity contribution in [2.24, 2.45) is 5.73 Å². The fraction of sp³-hybridized carbons (Fsp3) is 0.750. The highest BCUT2D eigenvalue weighted by molar-refractivity contribution is 5.76. The highest BCUT2D eigenvalue weighted by Gasteiger charge is 2.16. The lowest BCUT2D eigenvalue weighted by molar-refractivity contribution is -0.143. The van der Waals surface area contributed by atoms with Gasteiger partial charge in [0, 0.05) is 12.5 Å². The smallest absolute Gasteiger partial charge is 0.322 e. The van der Waals surface area contributed by atoms with Crippen LogP contribution in [0.2, 0.25) is 0 Å². The Morgan fingerprint density at radius 2 is 2.00 bits per heavy atom. The lowest BCUT2D eigenvalue weighted by atomic mass is 10.2. The predicted octanol–water partition coefficient (Wildman–Crippen LogP) is -0.599. The van der Waals surface area contributed by atoms with E-state index in [1.54, 1.807) is 13.8 Å². The summed E-state index contributed by atoms with van der Waals surface area (Å²) in [5, 5.41) is 2.89. The lowest BCUT2D eigenvalue weighted by Crippen LogP contribution is -2.42. The summed E-state index contributed by atoms with van der Waals surface area (Å²) in [7, 11) is 1.32. The molecule has 0 aliphatic heterocycles. The van der Waals surface area contributed by atoms with E-state index in [0.717, 1.165) is 0 Å². The number of ether oxygens (including phenoxy) is 1. The summed E-state index contributed by atoms with van der Waals surface area (Å²) in [6, 6.07) is -0.536. The van der Waals surface area contributed by atoms with Gasteiger partial charge in [-0.15, -0.1) is 0 Å². The number of amides is 1. The number of carbonyl (C=O) groups excluding carboxylic acids is 2. The second-order valence-corrected chi connectivity index (χ2v) is 2.98. The molecule has 1 amide bonds. The van der Waals surface area contributed by atoms with Crippen molar-refractivity contribution in [3.05, 3.63) is 0 Å². The Bertz CT molecular complexity index is 194. The fourth-order valence-corrected chi connectivity index (χ4v) is 1.03. The molecule has 0 bridgehead atoms. The van der Waals surface area contributed by atoms with E-state index in [9.17, 15) is 9.59 Å². The van der Waals surface area contributed by atoms with Gasteiger partial charge in [-0.1, -0.05) is 0 Å². The van der Waals surface area contributed by atoms with Gasteiger partial charge >= 0.3 is 5.97 Å². The van der Waals surface area contributed by atoms with E-state index in [4.69, 9.17) is 5.73 Å². The van der Waals surface area contributed by atoms with Gasteiger partial charge in [-0.05, 0) is 13.8 Å². The van der Waals surface area contributed by atoms with Crippen LogP contribution in [0.4, 0.5) is 0 Å². The van der Waals surface area contributed by atoms with Crippen molar-refractivity contribution in [2.45, 2.75) is 32.4 Å². The molecule has 0 aromatic rings. The normalized spacial score (nSPS) is 14.7. The van der Waals surface area contributed by atoms with Crippen molar-refractivity contribution >= 4 is 11.9 Å². The Balaban J connectivity index is 3.83. The first-order valence-electron chi connectivity index (χ1n) is 4.09. The first-order chi connectivity index (χ1) is 5.97. The van der Waals surface area contributed by atoms with E-state index in [2.05, 4.69) is 10.1 Å². The van der Waals surface area contributed by atoms with Gasteiger partial charge in [0.25, 0.3) is 0 Å². The molecule has 0 heterocycles. The van der Waals surface area contributed by atoms with Gasteiger partial charge in [0.1, 0.15) is 6.04 Å². The minimum atomic E-state index is -0.417. The quantitative estimate of drug-likeness (QED) is 0.564. The Morgan fingerprint density at radius 3 is 2.38 bits per heavy atom. The first kappa shape index (κ1) is 11.9. The van der Waals surface area contributed by atoms with Crippen molar-refractivity contribution in [1.29, 1.82) is 0 Å². The molecule has 0 radical (unpaired) electrons. The molecular weight excluding hydrogens is 172 g/mol. The largest absolute Gasteiger partial charge is 0.468 e. The molecule has 0 aromatic carbocycles. The summed E-state index contributed by atoms with van der Waals surface area (Å²) in [5.41, 5.74) is 4.98. The number of methoxy groups -OCH3 is 1. The Morgan fingerprint density at radius 1 is 1.46 bits per heavy atom. The zero-order valence-electron chi connectivity index (χ0n) is 8.16. The van der Waals surface area contributed by atoms with Gasteiger partial charge in [-0.2, -0.15) is 0 Å². The van der Waals surface area contributed by atoms with Crippen molar-refractivity contribution < 1.29 is 14.3 Å². The van der Waals surface area contributed by atoms with E-state index in [0.29, 0.717) is 0 Å². The zero-order chi connectivity index (χ0) is 10.4. The number of rotatable bonds is 5. The molecule has 0 saturated carbocycles. The number of esters is 1. The van der Waals surface area contributed by atoms with Crippen molar-refractivity contribution in [2.75, 3.05) is 7.11 Å². The summed E-state index contributed by atoms with van der Waals surface area (Å²) >= 11 is 0. The van der Waals surface area contributed by atoms with Crippen molar-refractivity contribution in [1.82, 2.24) is 5.32 Å². The third-order valence-electron chi connectivity index (χ3n) is 1.60. The van der Waals surface area contributed by atoms with Crippen LogP contribution in [-0.4, -0.2) is 31.1 Å². The summed E-state index contributed by atoms with van der Waals surface area (Å²) in [4.78, 5) is 21.4. The van der Waals surface area contributed by atoms with E-state index >= 15 is 0 Å². The molecular formula is C8H16N2O3. The number of nitrogens with two attached hydrogens (primary N) is 1. The van der Waals surface area contributed by atoms with Crippen LogP contribution in [0.3, 0.4) is 0 Å². The molecule has 0 aliphatic carbocycles. The third kappa shape index (κ3) is 5.19. The van der Waals surface area contributed by atoms with Crippen LogP contribution in [0.25, 0.3) is 0 Å². The Labute approximate surface area is 77.6 Å². The number of hydrogen-bond donors (Lipinski definition) is 2. The SMILES string of the molecule is COC(=O)C(C)NC(C)CC(N)=O. The van der Waals surface area contributed by atoms with Crippen LogP contribution < -0.4 is 11.1 Å². The Kier molecular flexibility index (Phi) is 5.06. The molecule has 0 aliphatic rings. The molecule has 0 saturated heterocycles. The Hall–Kier alpha value is -1.10. The second kappa shape index (κ2) is 5.53. The van der Waals surface area contributed by atoms with E-state index < -0.39 is 11.9 Å². The van der Waals surface area contributed by atoms with Gasteiger partial charge in [0.05, 0.1) is 7.11 Å². The number of primary amides is 1.